The number of amides is 2. The van der Waals surface area contributed by atoms with Crippen molar-refractivity contribution in [2.75, 3.05) is 13.7 Å². The molecule has 104 valence electrons. The highest BCUT2D eigenvalue weighted by Gasteiger charge is 2.33. The van der Waals surface area contributed by atoms with Crippen molar-refractivity contribution in [1.82, 2.24) is 15.6 Å². The molecule has 0 fully saturated rings. The highest BCUT2D eigenvalue weighted by atomic mass is 16.5. The van der Waals surface area contributed by atoms with E-state index in [0.29, 0.717) is 34.9 Å². The second-order valence-electron chi connectivity index (χ2n) is 4.61. The average molecular weight is 274 g/mol. The summed E-state index contributed by atoms with van der Waals surface area (Å²) >= 11 is 0. The number of rotatable bonds is 1. The molecule has 7 heteroatoms. The lowest BCUT2D eigenvalue weighted by atomic mass is 9.99. The highest BCUT2D eigenvalue weighted by molar-refractivity contribution is 6.16. The van der Waals surface area contributed by atoms with Gasteiger partial charge in [0.1, 0.15) is 23.3 Å². The fourth-order valence-corrected chi connectivity index (χ4v) is 2.46. The maximum atomic E-state index is 12.0. The topological polar surface area (TPSA) is 95.6 Å². The van der Waals surface area contributed by atoms with Crippen molar-refractivity contribution in [3.8, 4) is 0 Å². The monoisotopic (exact) mass is 274 g/mol. The van der Waals surface area contributed by atoms with Gasteiger partial charge in [0.25, 0.3) is 11.8 Å². The molecule has 3 heterocycles. The van der Waals surface area contributed by atoms with E-state index in [0.717, 1.165) is 0 Å². The van der Waals surface area contributed by atoms with Crippen molar-refractivity contribution in [2.24, 2.45) is 4.99 Å². The minimum Gasteiger partial charge on any atom is -0.375 e. The summed E-state index contributed by atoms with van der Waals surface area (Å²) in [5, 5.41) is 5.40. The molecule has 7 nitrogen and oxygen atoms in total. The summed E-state index contributed by atoms with van der Waals surface area (Å²) in [5.41, 5.74) is 1.98. The lowest BCUT2D eigenvalue weighted by Crippen LogP contribution is -2.31. The first-order valence-corrected chi connectivity index (χ1v) is 6.21. The van der Waals surface area contributed by atoms with Gasteiger partial charge in [-0.15, -0.1) is 0 Å². The normalized spacial score (nSPS) is 25.7. The number of methoxy groups -OCH3 is 1. The maximum absolute atomic E-state index is 12.0. The molecule has 1 aromatic heterocycles. The predicted molar refractivity (Wildman–Crippen MR) is 72.1 cm³/mol. The van der Waals surface area contributed by atoms with Gasteiger partial charge < -0.3 is 20.4 Å². The number of hydrogen-bond acceptors (Lipinski definition) is 4. The molecule has 3 N–H and O–H groups in total. The van der Waals surface area contributed by atoms with Crippen molar-refractivity contribution >= 4 is 23.2 Å². The van der Waals surface area contributed by atoms with Crippen LogP contribution in [0.4, 0.5) is 0 Å². The molecular weight excluding hydrogens is 260 g/mol. The lowest BCUT2D eigenvalue weighted by Gasteiger charge is -2.17. The minimum atomic E-state index is -0.425. The summed E-state index contributed by atoms with van der Waals surface area (Å²) in [5.74, 6) is 0.0378. The smallest absolute Gasteiger partial charge is 0.275 e. The summed E-state index contributed by atoms with van der Waals surface area (Å²) in [6.45, 7) is 2.00. The third-order valence-electron chi connectivity index (χ3n) is 3.36. The van der Waals surface area contributed by atoms with Crippen LogP contribution in [0.1, 0.15) is 23.0 Å². The molecule has 2 aliphatic heterocycles. The van der Waals surface area contributed by atoms with Crippen molar-refractivity contribution < 1.29 is 14.3 Å². The van der Waals surface area contributed by atoms with Crippen LogP contribution in [0.2, 0.25) is 0 Å². The van der Waals surface area contributed by atoms with E-state index < -0.39 is 6.10 Å². The fourth-order valence-electron chi connectivity index (χ4n) is 2.46. The summed E-state index contributed by atoms with van der Waals surface area (Å²) < 4.78 is 5.42. The third kappa shape index (κ3) is 1.83. The van der Waals surface area contributed by atoms with Gasteiger partial charge in [0.15, 0.2) is 0 Å². The molecular formula is C13H14N4O3. The Labute approximate surface area is 115 Å². The summed E-state index contributed by atoms with van der Waals surface area (Å²) in [6, 6.07) is 1.76. The number of ether oxygens (including phenoxy) is 1. The number of aliphatic imine (C=N–C) groups is 1. The molecule has 20 heavy (non-hydrogen) atoms. The van der Waals surface area contributed by atoms with Crippen molar-refractivity contribution in [1.29, 1.82) is 0 Å². The van der Waals surface area contributed by atoms with Gasteiger partial charge in [-0.25, -0.2) is 4.99 Å². The van der Waals surface area contributed by atoms with Crippen molar-refractivity contribution in [3.63, 3.8) is 0 Å². The second kappa shape index (κ2) is 4.61. The number of nitrogens with one attached hydrogen (secondary N) is 3. The maximum Gasteiger partial charge on any atom is 0.275 e. The van der Waals surface area contributed by atoms with Gasteiger partial charge in [-0.2, -0.15) is 0 Å². The minimum absolute atomic E-state index is 0.221. The number of nitrogens with zero attached hydrogens (tertiary/aromatic N) is 1. The van der Waals surface area contributed by atoms with Gasteiger partial charge in [0, 0.05) is 31.0 Å². The largest absolute Gasteiger partial charge is 0.375 e. The molecule has 1 unspecified atom stereocenters. The molecule has 0 spiro atoms. The number of carbonyl (C=O) groups is 2. The summed E-state index contributed by atoms with van der Waals surface area (Å²) in [6.07, 6.45) is 1.23. The summed E-state index contributed by atoms with van der Waals surface area (Å²) in [7, 11) is 1.54. The Morgan fingerprint density at radius 3 is 2.80 bits per heavy atom. The van der Waals surface area contributed by atoms with E-state index in [1.807, 2.05) is 0 Å². The van der Waals surface area contributed by atoms with Crippen LogP contribution in [-0.4, -0.2) is 42.4 Å². The van der Waals surface area contributed by atoms with Gasteiger partial charge in [-0.3, -0.25) is 9.59 Å². The number of H-pyrrole nitrogens is 1. The molecule has 1 aromatic rings. The van der Waals surface area contributed by atoms with Gasteiger partial charge >= 0.3 is 0 Å². The Bertz CT molecular complexity index is 656. The molecule has 2 aliphatic rings. The zero-order chi connectivity index (χ0) is 14.3. The van der Waals surface area contributed by atoms with Crippen molar-refractivity contribution in [2.45, 2.75) is 13.0 Å². The van der Waals surface area contributed by atoms with E-state index in [9.17, 15) is 9.59 Å². The zero-order valence-corrected chi connectivity index (χ0v) is 11.1. The van der Waals surface area contributed by atoms with E-state index in [1.54, 1.807) is 26.3 Å². The Balaban J connectivity index is 2.25. The zero-order valence-electron chi connectivity index (χ0n) is 11.1. The van der Waals surface area contributed by atoms with E-state index in [1.165, 1.54) is 0 Å². The average Bonchev–Trinajstić information content (AvgIpc) is 2.98. The molecule has 0 radical (unpaired) electrons. The van der Waals surface area contributed by atoms with Gasteiger partial charge in [0.2, 0.25) is 0 Å². The third-order valence-corrected chi connectivity index (χ3v) is 3.36. The molecule has 3 rings (SSSR count). The molecule has 0 aromatic carbocycles. The first-order chi connectivity index (χ1) is 9.61. The van der Waals surface area contributed by atoms with Crippen molar-refractivity contribution in [3.05, 3.63) is 29.2 Å². The highest BCUT2D eigenvalue weighted by Crippen LogP contribution is 2.30. The van der Waals surface area contributed by atoms with Gasteiger partial charge in [-0.05, 0) is 13.0 Å². The van der Waals surface area contributed by atoms with Crippen LogP contribution in [0.25, 0.3) is 5.57 Å². The van der Waals surface area contributed by atoms with Crippen LogP contribution in [0.15, 0.2) is 23.0 Å². The molecule has 0 bridgehead atoms. The molecule has 0 aliphatic carbocycles. The second-order valence-corrected chi connectivity index (χ2v) is 4.61. The first kappa shape index (κ1) is 12.6. The van der Waals surface area contributed by atoms with Crippen LogP contribution in [-0.2, 0) is 9.53 Å². The number of aromatic amines is 1. The molecule has 0 saturated carbocycles. The van der Waals surface area contributed by atoms with Crippen LogP contribution in [0.3, 0.4) is 0 Å². The van der Waals surface area contributed by atoms with Crippen LogP contribution in [0, 0.1) is 0 Å². The number of amidine groups is 1. The van der Waals surface area contributed by atoms with E-state index in [4.69, 9.17) is 4.74 Å². The number of hydrogen-bond donors (Lipinski definition) is 3. The Morgan fingerprint density at radius 2 is 2.15 bits per heavy atom. The van der Waals surface area contributed by atoms with Crippen LogP contribution < -0.4 is 10.6 Å². The Morgan fingerprint density at radius 1 is 1.35 bits per heavy atom. The van der Waals surface area contributed by atoms with Gasteiger partial charge in [0.05, 0.1) is 0 Å². The molecule has 2 amide bonds. The number of fused-ring (bicyclic) bond motifs is 1. The van der Waals surface area contributed by atoms with E-state index in [-0.39, 0.29) is 11.8 Å². The lowest BCUT2D eigenvalue weighted by molar-refractivity contribution is -0.115. The number of aromatic nitrogens is 1. The molecule has 1 atom stereocenters. The summed E-state index contributed by atoms with van der Waals surface area (Å²) in [4.78, 5) is 31.1. The van der Waals surface area contributed by atoms with Crippen LogP contribution in [0.5, 0.6) is 0 Å². The van der Waals surface area contributed by atoms with E-state index >= 15 is 0 Å². The quantitative estimate of drug-likeness (QED) is 0.630. The van der Waals surface area contributed by atoms with E-state index in [2.05, 4.69) is 20.6 Å². The first-order valence-electron chi connectivity index (χ1n) is 6.21. The van der Waals surface area contributed by atoms with Gasteiger partial charge in [-0.1, -0.05) is 0 Å². The molecule has 0 saturated heterocycles. The SMILES string of the molecule is COC1CNC(=O)c2[nH]ccc2/C1=C1\N=C(C)NC1=O. The number of carbonyl (C=O) groups excluding carboxylic acids is 2. The fraction of sp³-hybridized carbons (Fsp3) is 0.308. The van der Waals surface area contributed by atoms with Crippen LogP contribution >= 0.6 is 0 Å². The standard InChI is InChI=1S/C13H14N4O3/c1-6-16-11(13(19)17-6)9-7-3-4-14-10(7)12(18)15-5-8(9)20-2/h3-4,8,14H,5H2,1-2H3,(H,15,18)(H,16,17,19)/b11-9+. The predicted octanol–water partition coefficient (Wildman–Crippen LogP) is 0.0324. The Hall–Kier alpha value is -2.41. The Kier molecular flexibility index (Phi) is 2.90.